The summed E-state index contributed by atoms with van der Waals surface area (Å²) in [6.45, 7) is 4.01. The van der Waals surface area contributed by atoms with Crippen molar-refractivity contribution in [2.45, 2.75) is 32.7 Å². The van der Waals surface area contributed by atoms with E-state index in [2.05, 4.69) is 11.9 Å². The molecule has 0 spiro atoms. The lowest BCUT2D eigenvalue weighted by molar-refractivity contribution is 0.629. The molecular formula is C11H17N3. The van der Waals surface area contributed by atoms with Gasteiger partial charge in [-0.15, -0.1) is 0 Å². The van der Waals surface area contributed by atoms with Crippen molar-refractivity contribution in [2.24, 2.45) is 11.7 Å². The van der Waals surface area contributed by atoms with Crippen molar-refractivity contribution in [3.8, 4) is 0 Å². The molecule has 3 nitrogen and oxygen atoms in total. The number of nitrogen functional groups attached to an aromatic ring is 1. The number of nitrogens with two attached hydrogens (primary N) is 2. The Morgan fingerprint density at radius 2 is 2.07 bits per heavy atom. The molecule has 1 aliphatic carbocycles. The fraction of sp³-hybridized carbons (Fsp3) is 0.545. The molecule has 1 atom stereocenters. The van der Waals surface area contributed by atoms with Gasteiger partial charge >= 0.3 is 0 Å². The van der Waals surface area contributed by atoms with Gasteiger partial charge in [0, 0.05) is 17.3 Å². The predicted octanol–water partition coefficient (Wildman–Crippen LogP) is 1.69. The van der Waals surface area contributed by atoms with E-state index >= 15 is 0 Å². The van der Waals surface area contributed by atoms with E-state index in [-0.39, 0.29) is 6.04 Å². The van der Waals surface area contributed by atoms with Gasteiger partial charge in [-0.25, -0.2) is 4.98 Å². The predicted molar refractivity (Wildman–Crippen MR) is 57.8 cm³/mol. The van der Waals surface area contributed by atoms with Crippen LogP contribution in [0.3, 0.4) is 0 Å². The topological polar surface area (TPSA) is 64.9 Å². The summed E-state index contributed by atoms with van der Waals surface area (Å²) in [4.78, 5) is 4.26. The Kier molecular flexibility index (Phi) is 2.19. The zero-order valence-corrected chi connectivity index (χ0v) is 8.75. The summed E-state index contributed by atoms with van der Waals surface area (Å²) in [6.07, 6.45) is 2.46. The van der Waals surface area contributed by atoms with Crippen molar-refractivity contribution in [1.82, 2.24) is 4.98 Å². The number of hydrogen-bond donors (Lipinski definition) is 2. The zero-order chi connectivity index (χ0) is 10.3. The molecule has 0 bridgehead atoms. The third kappa shape index (κ3) is 1.60. The maximum atomic E-state index is 6.13. The summed E-state index contributed by atoms with van der Waals surface area (Å²) in [6, 6.07) is 2.14. The quantitative estimate of drug-likeness (QED) is 0.747. The Morgan fingerprint density at radius 3 is 2.57 bits per heavy atom. The molecule has 0 aliphatic heterocycles. The highest BCUT2D eigenvalue weighted by atomic mass is 14.9. The summed E-state index contributed by atoms with van der Waals surface area (Å²) in [7, 11) is 0. The molecule has 1 aromatic heterocycles. The lowest BCUT2D eigenvalue weighted by Gasteiger charge is -2.16. The standard InChI is InChI=1S/C11H17N3/c1-6-5-7(2)14-11(13)9(6)10(12)8-3-4-8/h5,8,10H,3-4,12H2,1-2H3,(H2,13,14). The van der Waals surface area contributed by atoms with E-state index in [4.69, 9.17) is 11.5 Å². The average molecular weight is 191 g/mol. The summed E-state index contributed by atoms with van der Waals surface area (Å²) in [5, 5.41) is 0. The number of rotatable bonds is 2. The minimum atomic E-state index is 0.0862. The Bertz CT molecular complexity index is 333. The van der Waals surface area contributed by atoms with Gasteiger partial charge in [0.2, 0.25) is 0 Å². The summed E-state index contributed by atoms with van der Waals surface area (Å²) < 4.78 is 0. The minimum absolute atomic E-state index is 0.0862. The summed E-state index contributed by atoms with van der Waals surface area (Å²) >= 11 is 0. The van der Waals surface area contributed by atoms with Crippen LogP contribution in [0, 0.1) is 19.8 Å². The number of nitrogens with zero attached hydrogens (tertiary/aromatic N) is 1. The first kappa shape index (κ1) is 9.46. The van der Waals surface area contributed by atoms with Crippen molar-refractivity contribution < 1.29 is 0 Å². The highest BCUT2D eigenvalue weighted by Gasteiger charge is 2.31. The molecule has 0 aromatic carbocycles. The molecule has 1 saturated carbocycles. The lowest BCUT2D eigenvalue weighted by Crippen LogP contribution is -2.17. The number of anilines is 1. The number of pyridine rings is 1. The molecular weight excluding hydrogens is 174 g/mol. The van der Waals surface area contributed by atoms with Crippen LogP contribution in [0.5, 0.6) is 0 Å². The van der Waals surface area contributed by atoms with E-state index < -0.39 is 0 Å². The highest BCUT2D eigenvalue weighted by Crippen LogP contribution is 2.41. The smallest absolute Gasteiger partial charge is 0.128 e. The van der Waals surface area contributed by atoms with Crippen molar-refractivity contribution in [3.05, 3.63) is 22.9 Å². The number of aryl methyl sites for hydroxylation is 2. The van der Waals surface area contributed by atoms with E-state index in [0.29, 0.717) is 11.7 Å². The van der Waals surface area contributed by atoms with Crippen LogP contribution < -0.4 is 11.5 Å². The zero-order valence-electron chi connectivity index (χ0n) is 8.75. The molecule has 3 heteroatoms. The van der Waals surface area contributed by atoms with Crippen LogP contribution in [0.15, 0.2) is 6.07 Å². The van der Waals surface area contributed by atoms with Gasteiger partial charge in [-0.05, 0) is 44.2 Å². The first-order valence-corrected chi connectivity index (χ1v) is 5.09. The fourth-order valence-electron chi connectivity index (χ4n) is 2.00. The fourth-order valence-corrected chi connectivity index (χ4v) is 2.00. The molecule has 1 fully saturated rings. The summed E-state index contributed by atoms with van der Waals surface area (Å²) in [5.74, 6) is 1.24. The Labute approximate surface area is 84.5 Å². The van der Waals surface area contributed by atoms with Crippen molar-refractivity contribution >= 4 is 5.82 Å². The van der Waals surface area contributed by atoms with Gasteiger partial charge < -0.3 is 11.5 Å². The molecule has 1 aliphatic rings. The lowest BCUT2D eigenvalue weighted by atomic mass is 9.99. The molecule has 1 aromatic rings. The monoisotopic (exact) mass is 191 g/mol. The van der Waals surface area contributed by atoms with Crippen molar-refractivity contribution in [2.75, 3.05) is 5.73 Å². The number of hydrogen-bond acceptors (Lipinski definition) is 3. The Morgan fingerprint density at radius 1 is 1.43 bits per heavy atom. The maximum Gasteiger partial charge on any atom is 0.128 e. The maximum absolute atomic E-state index is 6.13. The second-order valence-electron chi connectivity index (χ2n) is 4.24. The first-order chi connectivity index (χ1) is 6.59. The van der Waals surface area contributed by atoms with E-state index in [1.807, 2.05) is 13.0 Å². The SMILES string of the molecule is Cc1cc(C)c(C(N)C2CC2)c(N)n1. The van der Waals surface area contributed by atoms with Gasteiger partial charge in [-0.1, -0.05) is 0 Å². The first-order valence-electron chi connectivity index (χ1n) is 5.09. The Hall–Kier alpha value is -1.09. The Balaban J connectivity index is 2.40. The van der Waals surface area contributed by atoms with Crippen molar-refractivity contribution in [1.29, 1.82) is 0 Å². The van der Waals surface area contributed by atoms with Gasteiger partial charge in [0.25, 0.3) is 0 Å². The van der Waals surface area contributed by atoms with Crippen LogP contribution in [0.4, 0.5) is 5.82 Å². The average Bonchev–Trinajstić information content (AvgIpc) is 2.83. The van der Waals surface area contributed by atoms with Gasteiger partial charge in [-0.2, -0.15) is 0 Å². The van der Waals surface area contributed by atoms with Gasteiger partial charge in [0.05, 0.1) is 0 Å². The third-order valence-corrected chi connectivity index (χ3v) is 2.89. The molecule has 76 valence electrons. The molecule has 0 saturated heterocycles. The van der Waals surface area contributed by atoms with Crippen LogP contribution in [0.25, 0.3) is 0 Å². The minimum Gasteiger partial charge on any atom is -0.383 e. The molecule has 0 radical (unpaired) electrons. The van der Waals surface area contributed by atoms with E-state index in [9.17, 15) is 0 Å². The third-order valence-electron chi connectivity index (χ3n) is 2.89. The van der Waals surface area contributed by atoms with Gasteiger partial charge in [0.1, 0.15) is 5.82 Å². The van der Waals surface area contributed by atoms with Crippen LogP contribution in [0.1, 0.15) is 35.7 Å². The molecule has 2 rings (SSSR count). The highest BCUT2D eigenvalue weighted by molar-refractivity contribution is 5.48. The summed E-state index contributed by atoms with van der Waals surface area (Å²) in [5.41, 5.74) is 15.2. The molecule has 1 heterocycles. The second-order valence-corrected chi connectivity index (χ2v) is 4.24. The van der Waals surface area contributed by atoms with Crippen LogP contribution in [-0.4, -0.2) is 4.98 Å². The normalized spacial score (nSPS) is 18.2. The molecule has 1 unspecified atom stereocenters. The van der Waals surface area contributed by atoms with E-state index in [0.717, 1.165) is 11.3 Å². The molecule has 4 N–H and O–H groups in total. The number of aromatic nitrogens is 1. The second kappa shape index (κ2) is 3.24. The van der Waals surface area contributed by atoms with Crippen LogP contribution >= 0.6 is 0 Å². The van der Waals surface area contributed by atoms with E-state index in [1.165, 1.54) is 18.4 Å². The largest absolute Gasteiger partial charge is 0.383 e. The van der Waals surface area contributed by atoms with Gasteiger partial charge in [-0.3, -0.25) is 0 Å². The van der Waals surface area contributed by atoms with Crippen LogP contribution in [0.2, 0.25) is 0 Å². The van der Waals surface area contributed by atoms with Gasteiger partial charge in [0.15, 0.2) is 0 Å². The van der Waals surface area contributed by atoms with E-state index in [1.54, 1.807) is 0 Å². The molecule has 0 amide bonds. The van der Waals surface area contributed by atoms with Crippen LogP contribution in [-0.2, 0) is 0 Å². The van der Waals surface area contributed by atoms with Crippen molar-refractivity contribution in [3.63, 3.8) is 0 Å². The molecule has 14 heavy (non-hydrogen) atoms.